The third-order valence-corrected chi connectivity index (χ3v) is 5.38. The Morgan fingerprint density at radius 3 is 2.54 bits per heavy atom. The van der Waals surface area contributed by atoms with Crippen LogP contribution in [0.2, 0.25) is 5.02 Å². The Kier molecular flexibility index (Phi) is 5.15. The summed E-state index contributed by atoms with van der Waals surface area (Å²) in [5.41, 5.74) is 7.36. The number of nitrogens with two attached hydrogens (primary N) is 1. The summed E-state index contributed by atoms with van der Waals surface area (Å²) in [5, 5.41) is 7.66. The fraction of sp³-hybridized carbons (Fsp3) is 0.286. The lowest BCUT2D eigenvalue weighted by atomic mass is 9.77. The van der Waals surface area contributed by atoms with Crippen LogP contribution in [0.3, 0.4) is 0 Å². The number of hydrogen-bond donors (Lipinski definition) is 2. The van der Waals surface area contributed by atoms with Crippen LogP contribution in [0.25, 0.3) is 0 Å². The summed E-state index contributed by atoms with van der Waals surface area (Å²) in [7, 11) is 0. The van der Waals surface area contributed by atoms with Crippen molar-refractivity contribution >= 4 is 17.5 Å². The van der Waals surface area contributed by atoms with Gasteiger partial charge in [-0.05, 0) is 49.1 Å². The average Bonchev–Trinajstić information content (AvgIpc) is 3.17. The number of halogens is 1. The van der Waals surface area contributed by atoms with Crippen LogP contribution in [0.15, 0.2) is 59.1 Å². The number of aromatic nitrogens is 2. The monoisotopic (exact) mass is 396 g/mol. The van der Waals surface area contributed by atoms with Gasteiger partial charge in [0.2, 0.25) is 5.89 Å². The van der Waals surface area contributed by atoms with Crippen molar-refractivity contribution in [2.45, 2.75) is 37.3 Å². The minimum Gasteiger partial charge on any atom is -0.340 e. The number of carbonyl (C=O) groups excluding carboxylic acids is 1. The Labute approximate surface area is 168 Å². The molecule has 7 heteroatoms. The quantitative estimate of drug-likeness (QED) is 0.661. The van der Waals surface area contributed by atoms with Crippen LogP contribution in [0.4, 0.5) is 0 Å². The molecule has 0 spiro atoms. The van der Waals surface area contributed by atoms with Crippen molar-refractivity contribution in [3.63, 3.8) is 0 Å². The van der Waals surface area contributed by atoms with Crippen LogP contribution < -0.4 is 11.1 Å². The van der Waals surface area contributed by atoms with Gasteiger partial charge in [-0.3, -0.25) is 4.79 Å². The van der Waals surface area contributed by atoms with E-state index >= 15 is 0 Å². The van der Waals surface area contributed by atoms with Crippen LogP contribution in [0.1, 0.15) is 52.9 Å². The highest BCUT2D eigenvalue weighted by atomic mass is 35.5. The number of hydrogen-bond acceptors (Lipinski definition) is 5. The SMILES string of the molecule is NC1(c2noc(C(Cc3ccccc3)NC(=O)c3ccc(Cl)cc3)n2)CCC1. The van der Waals surface area contributed by atoms with Crippen molar-refractivity contribution in [1.29, 1.82) is 0 Å². The van der Waals surface area contributed by atoms with Gasteiger partial charge in [-0.15, -0.1) is 0 Å². The molecule has 1 amide bonds. The zero-order valence-electron chi connectivity index (χ0n) is 15.3. The number of amides is 1. The molecule has 4 rings (SSSR count). The lowest BCUT2D eigenvalue weighted by Crippen LogP contribution is -2.44. The smallest absolute Gasteiger partial charge is 0.251 e. The third-order valence-electron chi connectivity index (χ3n) is 5.13. The van der Waals surface area contributed by atoms with Crippen LogP contribution in [0, 0.1) is 0 Å². The number of rotatable bonds is 6. The first-order chi connectivity index (χ1) is 13.5. The zero-order chi connectivity index (χ0) is 19.6. The molecule has 1 fully saturated rings. The molecule has 6 nitrogen and oxygen atoms in total. The Morgan fingerprint density at radius 1 is 1.18 bits per heavy atom. The number of carbonyl (C=O) groups is 1. The van der Waals surface area contributed by atoms with Crippen molar-refractivity contribution in [3.8, 4) is 0 Å². The van der Waals surface area contributed by atoms with Crippen molar-refractivity contribution < 1.29 is 9.32 Å². The van der Waals surface area contributed by atoms with E-state index in [1.165, 1.54) is 0 Å². The maximum Gasteiger partial charge on any atom is 0.251 e. The molecule has 1 heterocycles. The van der Waals surface area contributed by atoms with E-state index in [9.17, 15) is 4.79 Å². The molecule has 1 aromatic heterocycles. The van der Waals surface area contributed by atoms with E-state index in [0.29, 0.717) is 28.7 Å². The largest absolute Gasteiger partial charge is 0.340 e. The molecule has 1 aliphatic rings. The van der Waals surface area contributed by atoms with Gasteiger partial charge in [0, 0.05) is 17.0 Å². The minimum absolute atomic E-state index is 0.233. The van der Waals surface area contributed by atoms with Crippen LogP contribution in [-0.4, -0.2) is 16.0 Å². The Morgan fingerprint density at radius 2 is 1.89 bits per heavy atom. The van der Waals surface area contributed by atoms with Crippen LogP contribution in [-0.2, 0) is 12.0 Å². The van der Waals surface area contributed by atoms with Gasteiger partial charge in [0.1, 0.15) is 6.04 Å². The Bertz CT molecular complexity index is 952. The molecule has 3 aromatic rings. The first kappa shape index (κ1) is 18.7. The van der Waals surface area contributed by atoms with E-state index in [1.807, 2.05) is 30.3 Å². The van der Waals surface area contributed by atoms with Gasteiger partial charge in [-0.2, -0.15) is 4.98 Å². The Balaban J connectivity index is 1.58. The molecule has 1 saturated carbocycles. The molecule has 0 bridgehead atoms. The van der Waals surface area contributed by atoms with E-state index in [2.05, 4.69) is 15.5 Å². The highest BCUT2D eigenvalue weighted by molar-refractivity contribution is 6.30. The molecule has 0 aliphatic heterocycles. The lowest BCUT2D eigenvalue weighted by molar-refractivity contribution is 0.0928. The molecule has 2 aromatic carbocycles. The normalized spacial score (nSPS) is 16.2. The first-order valence-electron chi connectivity index (χ1n) is 9.27. The third kappa shape index (κ3) is 3.93. The van der Waals surface area contributed by atoms with Gasteiger partial charge in [0.05, 0.1) is 5.54 Å². The molecular weight excluding hydrogens is 376 g/mol. The highest BCUT2D eigenvalue weighted by Crippen LogP contribution is 2.37. The Hall–Kier alpha value is -2.70. The number of nitrogens with zero attached hydrogens (tertiary/aromatic N) is 2. The number of nitrogens with one attached hydrogen (secondary N) is 1. The second-order valence-corrected chi connectivity index (χ2v) is 7.63. The standard InChI is InChI=1S/C21H21ClN4O2/c22-16-9-7-15(8-10-16)18(27)24-17(13-14-5-2-1-3-6-14)19-25-20(26-28-19)21(23)11-4-12-21/h1-3,5-10,17H,4,11-13,23H2,(H,24,27). The van der Waals surface area contributed by atoms with Gasteiger partial charge in [-0.25, -0.2) is 0 Å². The first-order valence-corrected chi connectivity index (χ1v) is 9.65. The zero-order valence-corrected chi connectivity index (χ0v) is 16.0. The summed E-state index contributed by atoms with van der Waals surface area (Å²) in [5.74, 6) is 0.633. The molecular formula is C21H21ClN4O2. The van der Waals surface area contributed by atoms with Gasteiger partial charge >= 0.3 is 0 Å². The summed E-state index contributed by atoms with van der Waals surface area (Å²) in [6.07, 6.45) is 3.26. The van der Waals surface area contributed by atoms with Gasteiger partial charge in [-0.1, -0.05) is 47.1 Å². The summed E-state index contributed by atoms with van der Waals surface area (Å²) in [4.78, 5) is 17.3. The molecule has 28 heavy (non-hydrogen) atoms. The predicted molar refractivity (Wildman–Crippen MR) is 106 cm³/mol. The van der Waals surface area contributed by atoms with Crippen molar-refractivity contribution in [3.05, 3.63) is 82.5 Å². The van der Waals surface area contributed by atoms with Gasteiger partial charge < -0.3 is 15.6 Å². The topological polar surface area (TPSA) is 94.0 Å². The second kappa shape index (κ2) is 7.73. The summed E-state index contributed by atoms with van der Waals surface area (Å²) < 4.78 is 5.50. The van der Waals surface area contributed by atoms with E-state index in [0.717, 1.165) is 24.8 Å². The number of benzene rings is 2. The molecule has 0 radical (unpaired) electrons. The molecule has 1 aliphatic carbocycles. The fourth-order valence-corrected chi connectivity index (χ4v) is 3.38. The van der Waals surface area contributed by atoms with Gasteiger partial charge in [0.25, 0.3) is 5.91 Å². The predicted octanol–water partition coefficient (Wildman–Crippen LogP) is 3.77. The molecule has 1 unspecified atom stereocenters. The highest BCUT2D eigenvalue weighted by Gasteiger charge is 2.39. The van der Waals surface area contributed by atoms with Crippen molar-refractivity contribution in [2.75, 3.05) is 0 Å². The van der Waals surface area contributed by atoms with E-state index in [1.54, 1.807) is 24.3 Å². The molecule has 1 atom stereocenters. The molecule has 3 N–H and O–H groups in total. The maximum absolute atomic E-state index is 12.7. The maximum atomic E-state index is 12.7. The fourth-order valence-electron chi connectivity index (χ4n) is 3.25. The lowest BCUT2D eigenvalue weighted by Gasteiger charge is -2.34. The summed E-state index contributed by atoms with van der Waals surface area (Å²) in [6, 6.07) is 16.1. The minimum atomic E-state index is -0.515. The van der Waals surface area contributed by atoms with E-state index in [4.69, 9.17) is 21.9 Å². The van der Waals surface area contributed by atoms with Crippen molar-refractivity contribution in [2.24, 2.45) is 5.73 Å². The summed E-state index contributed by atoms with van der Waals surface area (Å²) in [6.45, 7) is 0. The van der Waals surface area contributed by atoms with E-state index < -0.39 is 11.6 Å². The van der Waals surface area contributed by atoms with Gasteiger partial charge in [0.15, 0.2) is 5.82 Å². The second-order valence-electron chi connectivity index (χ2n) is 7.19. The van der Waals surface area contributed by atoms with E-state index in [-0.39, 0.29) is 5.91 Å². The average molecular weight is 397 g/mol. The van der Waals surface area contributed by atoms with Crippen LogP contribution >= 0.6 is 11.6 Å². The van der Waals surface area contributed by atoms with Crippen molar-refractivity contribution in [1.82, 2.24) is 15.5 Å². The molecule has 144 valence electrons. The van der Waals surface area contributed by atoms with Crippen LogP contribution in [0.5, 0.6) is 0 Å². The summed E-state index contributed by atoms with van der Waals surface area (Å²) >= 11 is 5.91. The molecule has 0 saturated heterocycles.